The SMILES string of the molecule is C=CCN(CC=C)C(=O)[C@H]1CCC(=O)N(C2CC2)[C@@H]1c1nccn1C. The van der Waals surface area contributed by atoms with Crippen LogP contribution in [0.3, 0.4) is 0 Å². The summed E-state index contributed by atoms with van der Waals surface area (Å²) in [5.41, 5.74) is 0. The van der Waals surface area contributed by atoms with E-state index in [1.165, 1.54) is 0 Å². The number of nitrogens with zero attached hydrogens (tertiary/aromatic N) is 4. The van der Waals surface area contributed by atoms with E-state index in [0.717, 1.165) is 18.7 Å². The molecule has 0 radical (unpaired) electrons. The first-order valence-corrected chi connectivity index (χ1v) is 8.87. The number of rotatable bonds is 7. The summed E-state index contributed by atoms with van der Waals surface area (Å²) in [5.74, 6) is 0.694. The molecule has 0 unspecified atom stereocenters. The van der Waals surface area contributed by atoms with Crippen LogP contribution in [-0.2, 0) is 16.6 Å². The van der Waals surface area contributed by atoms with E-state index in [9.17, 15) is 9.59 Å². The molecule has 1 aliphatic carbocycles. The maximum atomic E-state index is 13.2. The van der Waals surface area contributed by atoms with E-state index in [0.29, 0.717) is 25.9 Å². The van der Waals surface area contributed by atoms with Crippen LogP contribution in [0.1, 0.15) is 37.5 Å². The third-order valence-corrected chi connectivity index (χ3v) is 5.03. The number of aromatic nitrogens is 2. The largest absolute Gasteiger partial charge is 0.336 e. The fourth-order valence-corrected chi connectivity index (χ4v) is 3.72. The Bertz CT molecular complexity index is 667. The molecule has 0 bridgehead atoms. The van der Waals surface area contributed by atoms with Crippen LogP contribution in [0, 0.1) is 5.92 Å². The van der Waals surface area contributed by atoms with E-state index in [4.69, 9.17) is 0 Å². The Hall–Kier alpha value is -2.37. The molecule has 2 aliphatic rings. The predicted molar refractivity (Wildman–Crippen MR) is 95.5 cm³/mol. The van der Waals surface area contributed by atoms with Crippen LogP contribution in [0.15, 0.2) is 37.7 Å². The van der Waals surface area contributed by atoms with Crippen molar-refractivity contribution in [2.45, 2.75) is 37.8 Å². The first-order valence-electron chi connectivity index (χ1n) is 8.87. The molecule has 1 aromatic rings. The van der Waals surface area contributed by atoms with E-state index in [2.05, 4.69) is 18.1 Å². The normalized spacial score (nSPS) is 23.4. The zero-order chi connectivity index (χ0) is 18.0. The van der Waals surface area contributed by atoms with Crippen LogP contribution in [0.2, 0.25) is 0 Å². The molecule has 2 fully saturated rings. The Morgan fingerprint density at radius 2 is 2.00 bits per heavy atom. The smallest absolute Gasteiger partial charge is 0.228 e. The zero-order valence-corrected chi connectivity index (χ0v) is 14.8. The first kappa shape index (κ1) is 17.5. The molecule has 6 heteroatoms. The third kappa shape index (κ3) is 3.38. The van der Waals surface area contributed by atoms with Gasteiger partial charge in [0.15, 0.2) is 0 Å². The van der Waals surface area contributed by atoms with Gasteiger partial charge < -0.3 is 14.4 Å². The first-order chi connectivity index (χ1) is 12.1. The Morgan fingerprint density at radius 3 is 2.52 bits per heavy atom. The van der Waals surface area contributed by atoms with Gasteiger partial charge in [-0.15, -0.1) is 13.2 Å². The van der Waals surface area contributed by atoms with Gasteiger partial charge in [0.1, 0.15) is 11.9 Å². The number of likely N-dealkylation sites (tertiary alicyclic amines) is 1. The lowest BCUT2D eigenvalue weighted by Crippen LogP contribution is -2.50. The third-order valence-electron chi connectivity index (χ3n) is 5.03. The number of aryl methyl sites for hydroxylation is 1. The minimum absolute atomic E-state index is 0.0472. The summed E-state index contributed by atoms with van der Waals surface area (Å²) < 4.78 is 1.92. The van der Waals surface area contributed by atoms with E-state index in [-0.39, 0.29) is 29.8 Å². The zero-order valence-electron chi connectivity index (χ0n) is 14.8. The van der Waals surface area contributed by atoms with Gasteiger partial charge in [-0.3, -0.25) is 9.59 Å². The highest BCUT2D eigenvalue weighted by Gasteiger charge is 2.48. The fraction of sp³-hybridized carbons (Fsp3) is 0.526. The van der Waals surface area contributed by atoms with Gasteiger partial charge in [-0.05, 0) is 19.3 Å². The second-order valence-corrected chi connectivity index (χ2v) is 6.84. The molecule has 1 saturated carbocycles. The molecular formula is C19H26N4O2. The number of carbonyl (C=O) groups is 2. The van der Waals surface area contributed by atoms with Crippen LogP contribution in [-0.4, -0.2) is 50.3 Å². The molecule has 2 atom stereocenters. The van der Waals surface area contributed by atoms with Gasteiger partial charge in [-0.25, -0.2) is 4.98 Å². The van der Waals surface area contributed by atoms with Gasteiger partial charge in [0, 0.05) is 45.0 Å². The maximum Gasteiger partial charge on any atom is 0.228 e. The molecule has 0 spiro atoms. The summed E-state index contributed by atoms with van der Waals surface area (Å²) in [4.78, 5) is 34.0. The molecule has 1 aromatic heterocycles. The number of piperidine rings is 1. The van der Waals surface area contributed by atoms with Crippen LogP contribution >= 0.6 is 0 Å². The van der Waals surface area contributed by atoms with Crippen LogP contribution in [0.4, 0.5) is 0 Å². The highest BCUT2D eigenvalue weighted by molar-refractivity contribution is 5.85. The van der Waals surface area contributed by atoms with Crippen molar-refractivity contribution >= 4 is 11.8 Å². The lowest BCUT2D eigenvalue weighted by atomic mass is 9.86. The molecule has 2 heterocycles. The Labute approximate surface area is 148 Å². The highest BCUT2D eigenvalue weighted by atomic mass is 16.2. The average molecular weight is 342 g/mol. The average Bonchev–Trinajstić information content (AvgIpc) is 3.34. The van der Waals surface area contributed by atoms with Gasteiger partial charge in [0.05, 0.1) is 5.92 Å². The monoisotopic (exact) mass is 342 g/mol. The van der Waals surface area contributed by atoms with Crippen LogP contribution in [0.25, 0.3) is 0 Å². The standard InChI is InChI=1S/C19H26N4O2/c1-4-11-22(12-5-2)19(25)15-8-9-16(24)23(14-6-7-14)17(15)18-20-10-13-21(18)3/h4-5,10,13-15,17H,1-2,6-9,11-12H2,3H3/t15-,17-/m0/s1. The van der Waals surface area contributed by atoms with Gasteiger partial charge >= 0.3 is 0 Å². The molecule has 25 heavy (non-hydrogen) atoms. The molecule has 0 N–H and O–H groups in total. The Kier molecular flexibility index (Phi) is 5.06. The summed E-state index contributed by atoms with van der Waals surface area (Å²) in [7, 11) is 1.92. The van der Waals surface area contributed by atoms with Crippen molar-refractivity contribution in [1.82, 2.24) is 19.4 Å². The van der Waals surface area contributed by atoms with E-state index in [1.807, 2.05) is 22.7 Å². The number of imidazole rings is 1. The van der Waals surface area contributed by atoms with Crippen molar-refractivity contribution < 1.29 is 9.59 Å². The van der Waals surface area contributed by atoms with Crippen molar-refractivity contribution in [2.24, 2.45) is 13.0 Å². The summed E-state index contributed by atoms with van der Waals surface area (Å²) in [6.45, 7) is 8.46. The summed E-state index contributed by atoms with van der Waals surface area (Å²) in [6, 6.07) is -0.0459. The minimum Gasteiger partial charge on any atom is -0.336 e. The summed E-state index contributed by atoms with van der Waals surface area (Å²) >= 11 is 0. The number of hydrogen-bond donors (Lipinski definition) is 0. The second-order valence-electron chi connectivity index (χ2n) is 6.84. The molecule has 2 amide bonds. The lowest BCUT2D eigenvalue weighted by Gasteiger charge is -2.41. The number of hydrogen-bond acceptors (Lipinski definition) is 3. The van der Waals surface area contributed by atoms with Gasteiger partial charge in [0.25, 0.3) is 0 Å². The van der Waals surface area contributed by atoms with Crippen LogP contribution in [0.5, 0.6) is 0 Å². The predicted octanol–water partition coefficient (Wildman–Crippen LogP) is 2.06. The van der Waals surface area contributed by atoms with Crippen molar-refractivity contribution in [2.75, 3.05) is 13.1 Å². The van der Waals surface area contributed by atoms with Crippen molar-refractivity contribution in [3.8, 4) is 0 Å². The number of carbonyl (C=O) groups excluding carboxylic acids is 2. The lowest BCUT2D eigenvalue weighted by molar-refractivity contribution is -0.148. The molecule has 0 aromatic carbocycles. The van der Waals surface area contributed by atoms with E-state index >= 15 is 0 Å². The van der Waals surface area contributed by atoms with Gasteiger partial charge in [0.2, 0.25) is 11.8 Å². The van der Waals surface area contributed by atoms with Crippen LogP contribution < -0.4 is 0 Å². The highest BCUT2D eigenvalue weighted by Crippen LogP contribution is 2.43. The molecule has 134 valence electrons. The molecule has 1 saturated heterocycles. The van der Waals surface area contributed by atoms with Crippen molar-refractivity contribution in [3.63, 3.8) is 0 Å². The summed E-state index contributed by atoms with van der Waals surface area (Å²) in [6.07, 6.45) is 10.0. The Balaban J connectivity index is 1.96. The quantitative estimate of drug-likeness (QED) is 0.713. The van der Waals surface area contributed by atoms with E-state index < -0.39 is 0 Å². The number of amides is 2. The van der Waals surface area contributed by atoms with Crippen molar-refractivity contribution in [1.29, 1.82) is 0 Å². The molecule has 1 aliphatic heterocycles. The summed E-state index contributed by atoms with van der Waals surface area (Å²) in [5, 5.41) is 0. The maximum absolute atomic E-state index is 13.2. The molecule has 6 nitrogen and oxygen atoms in total. The topological polar surface area (TPSA) is 58.4 Å². The minimum atomic E-state index is -0.293. The Morgan fingerprint density at radius 1 is 1.32 bits per heavy atom. The molecule has 3 rings (SSSR count). The van der Waals surface area contributed by atoms with Gasteiger partial charge in [-0.1, -0.05) is 12.2 Å². The second kappa shape index (κ2) is 7.25. The van der Waals surface area contributed by atoms with Crippen molar-refractivity contribution in [3.05, 3.63) is 43.5 Å². The van der Waals surface area contributed by atoms with Gasteiger partial charge in [-0.2, -0.15) is 0 Å². The fourth-order valence-electron chi connectivity index (χ4n) is 3.72. The van der Waals surface area contributed by atoms with E-state index in [1.54, 1.807) is 23.2 Å². The molecular weight excluding hydrogens is 316 g/mol.